The molecule has 3 nitrogen and oxygen atoms in total. The zero-order valence-electron chi connectivity index (χ0n) is 8.57. The van der Waals surface area contributed by atoms with Gasteiger partial charge in [-0.3, -0.25) is 0 Å². The Bertz CT molecular complexity index is 442. The van der Waals surface area contributed by atoms with Gasteiger partial charge in [0.2, 0.25) is 0 Å². The fourth-order valence-electron chi connectivity index (χ4n) is 1.34. The van der Waals surface area contributed by atoms with E-state index < -0.39 is 0 Å². The largest absolute Gasteiger partial charge is 0.497 e. The van der Waals surface area contributed by atoms with E-state index >= 15 is 0 Å². The van der Waals surface area contributed by atoms with Crippen molar-refractivity contribution in [3.63, 3.8) is 0 Å². The minimum Gasteiger partial charge on any atom is -0.497 e. The van der Waals surface area contributed by atoms with Crippen LogP contribution in [0.2, 0.25) is 0 Å². The van der Waals surface area contributed by atoms with Gasteiger partial charge in [0.15, 0.2) is 4.73 Å². The predicted molar refractivity (Wildman–Crippen MR) is 62.9 cm³/mol. The smallest absolute Gasteiger partial charge is 0.177 e. The SMILES string of the molecule is COc1ccc(-c2cn(C)c(Br)n2)cc1. The van der Waals surface area contributed by atoms with E-state index in [1.54, 1.807) is 7.11 Å². The van der Waals surface area contributed by atoms with Gasteiger partial charge in [-0.15, -0.1) is 0 Å². The van der Waals surface area contributed by atoms with Crippen LogP contribution in [0.3, 0.4) is 0 Å². The van der Waals surface area contributed by atoms with Crippen LogP contribution in [0.15, 0.2) is 35.2 Å². The Kier molecular flexibility index (Phi) is 2.77. The molecule has 0 saturated heterocycles. The highest BCUT2D eigenvalue weighted by molar-refractivity contribution is 9.10. The number of ether oxygens (including phenoxy) is 1. The minimum atomic E-state index is 0.827. The molecule has 78 valence electrons. The first-order chi connectivity index (χ1) is 7.20. The molecule has 0 fully saturated rings. The highest BCUT2D eigenvalue weighted by Gasteiger charge is 2.04. The fraction of sp³-hybridized carbons (Fsp3) is 0.182. The standard InChI is InChI=1S/C11H11BrN2O/c1-14-7-10(13-11(14)12)8-3-5-9(15-2)6-4-8/h3-7H,1-2H3. The van der Waals surface area contributed by atoms with Crippen LogP contribution in [-0.4, -0.2) is 16.7 Å². The third-order valence-corrected chi connectivity index (χ3v) is 2.94. The molecule has 1 heterocycles. The Morgan fingerprint density at radius 3 is 2.40 bits per heavy atom. The van der Waals surface area contributed by atoms with Crippen molar-refractivity contribution in [1.82, 2.24) is 9.55 Å². The molecule has 0 saturated carbocycles. The second-order valence-corrected chi connectivity index (χ2v) is 3.94. The van der Waals surface area contributed by atoms with Crippen molar-refractivity contribution in [1.29, 1.82) is 0 Å². The van der Waals surface area contributed by atoms with E-state index in [2.05, 4.69) is 20.9 Å². The quantitative estimate of drug-likeness (QED) is 0.836. The lowest BCUT2D eigenvalue weighted by molar-refractivity contribution is 0.415. The number of rotatable bonds is 2. The topological polar surface area (TPSA) is 27.1 Å². The molecule has 0 aliphatic carbocycles. The van der Waals surface area contributed by atoms with E-state index in [-0.39, 0.29) is 0 Å². The number of halogens is 1. The predicted octanol–water partition coefficient (Wildman–Crippen LogP) is 2.86. The highest BCUT2D eigenvalue weighted by Crippen LogP contribution is 2.22. The molecular weight excluding hydrogens is 256 g/mol. The van der Waals surface area contributed by atoms with E-state index in [9.17, 15) is 0 Å². The third-order valence-electron chi connectivity index (χ3n) is 2.21. The number of hydrogen-bond donors (Lipinski definition) is 0. The summed E-state index contributed by atoms with van der Waals surface area (Å²) in [5, 5.41) is 0. The lowest BCUT2D eigenvalue weighted by atomic mass is 10.2. The molecule has 4 heteroatoms. The van der Waals surface area contributed by atoms with E-state index in [4.69, 9.17) is 4.74 Å². The van der Waals surface area contributed by atoms with E-state index in [0.717, 1.165) is 21.7 Å². The summed E-state index contributed by atoms with van der Waals surface area (Å²) < 4.78 is 7.86. The minimum absolute atomic E-state index is 0.827. The van der Waals surface area contributed by atoms with Crippen molar-refractivity contribution in [2.45, 2.75) is 0 Å². The lowest BCUT2D eigenvalue weighted by Crippen LogP contribution is -1.83. The first kappa shape index (κ1) is 10.2. The van der Waals surface area contributed by atoms with Gasteiger partial charge < -0.3 is 9.30 Å². The van der Waals surface area contributed by atoms with Gasteiger partial charge in [0.25, 0.3) is 0 Å². The highest BCUT2D eigenvalue weighted by atomic mass is 79.9. The van der Waals surface area contributed by atoms with Gasteiger partial charge in [0.05, 0.1) is 12.8 Å². The maximum atomic E-state index is 5.10. The van der Waals surface area contributed by atoms with Gasteiger partial charge in [0, 0.05) is 18.8 Å². The summed E-state index contributed by atoms with van der Waals surface area (Å²) in [6.45, 7) is 0. The molecule has 0 bridgehead atoms. The molecule has 0 atom stereocenters. The van der Waals surface area contributed by atoms with Gasteiger partial charge in [-0.2, -0.15) is 0 Å². The third kappa shape index (κ3) is 2.04. The summed E-state index contributed by atoms with van der Waals surface area (Å²) in [5.74, 6) is 0.855. The first-order valence-corrected chi connectivity index (χ1v) is 5.33. The molecule has 0 N–H and O–H groups in total. The normalized spacial score (nSPS) is 10.3. The molecule has 2 aromatic rings. The summed E-state index contributed by atoms with van der Waals surface area (Å²) >= 11 is 3.37. The van der Waals surface area contributed by atoms with Gasteiger partial charge in [-0.25, -0.2) is 4.98 Å². The molecule has 0 amide bonds. The monoisotopic (exact) mass is 266 g/mol. The van der Waals surface area contributed by atoms with Crippen molar-refractivity contribution in [3.05, 3.63) is 35.2 Å². The molecule has 0 unspecified atom stereocenters. The number of nitrogens with zero attached hydrogens (tertiary/aromatic N) is 2. The van der Waals surface area contributed by atoms with Crippen LogP contribution in [-0.2, 0) is 7.05 Å². The Labute approximate surface area is 96.8 Å². The lowest BCUT2D eigenvalue weighted by Gasteiger charge is -2.00. The molecule has 1 aromatic carbocycles. The van der Waals surface area contributed by atoms with E-state index in [1.807, 2.05) is 42.1 Å². The summed E-state index contributed by atoms with van der Waals surface area (Å²) in [6.07, 6.45) is 1.98. The van der Waals surface area contributed by atoms with Crippen LogP contribution in [0.4, 0.5) is 0 Å². The second-order valence-electron chi connectivity index (χ2n) is 3.23. The second kappa shape index (κ2) is 4.06. The van der Waals surface area contributed by atoms with Crippen molar-refractivity contribution in [2.75, 3.05) is 7.11 Å². The Hall–Kier alpha value is -1.29. The summed E-state index contributed by atoms with van der Waals surface area (Å²) in [4.78, 5) is 4.37. The molecule has 0 aliphatic rings. The molecular formula is C11H11BrN2O. The van der Waals surface area contributed by atoms with Gasteiger partial charge in [-0.05, 0) is 40.2 Å². The number of aromatic nitrogens is 2. The van der Waals surface area contributed by atoms with Crippen molar-refractivity contribution in [2.24, 2.45) is 7.05 Å². The Morgan fingerprint density at radius 1 is 1.27 bits per heavy atom. The molecule has 0 spiro atoms. The van der Waals surface area contributed by atoms with Crippen LogP contribution in [0.1, 0.15) is 0 Å². The van der Waals surface area contributed by atoms with Crippen molar-refractivity contribution >= 4 is 15.9 Å². The van der Waals surface area contributed by atoms with Gasteiger partial charge in [-0.1, -0.05) is 0 Å². The average Bonchev–Trinajstić information content (AvgIpc) is 2.59. The van der Waals surface area contributed by atoms with Crippen LogP contribution >= 0.6 is 15.9 Å². The first-order valence-electron chi connectivity index (χ1n) is 4.54. The molecule has 15 heavy (non-hydrogen) atoms. The molecule has 0 radical (unpaired) electrons. The van der Waals surface area contributed by atoms with E-state index in [1.165, 1.54) is 0 Å². The fourth-order valence-corrected chi connectivity index (χ4v) is 1.64. The summed E-state index contributed by atoms with van der Waals surface area (Å²) in [7, 11) is 3.61. The van der Waals surface area contributed by atoms with Gasteiger partial charge in [0.1, 0.15) is 5.75 Å². The van der Waals surface area contributed by atoms with Crippen molar-refractivity contribution < 1.29 is 4.74 Å². The van der Waals surface area contributed by atoms with Crippen LogP contribution < -0.4 is 4.74 Å². The zero-order valence-corrected chi connectivity index (χ0v) is 10.2. The number of imidazole rings is 1. The molecule has 2 rings (SSSR count). The summed E-state index contributed by atoms with van der Waals surface area (Å²) in [5.41, 5.74) is 2.03. The number of hydrogen-bond acceptors (Lipinski definition) is 2. The Morgan fingerprint density at radius 2 is 1.93 bits per heavy atom. The molecule has 0 aliphatic heterocycles. The number of methoxy groups -OCH3 is 1. The van der Waals surface area contributed by atoms with Gasteiger partial charge >= 0.3 is 0 Å². The van der Waals surface area contributed by atoms with Crippen LogP contribution in [0, 0.1) is 0 Å². The van der Waals surface area contributed by atoms with Crippen molar-refractivity contribution in [3.8, 4) is 17.0 Å². The van der Waals surface area contributed by atoms with Crippen LogP contribution in [0.5, 0.6) is 5.75 Å². The van der Waals surface area contributed by atoms with Crippen LogP contribution in [0.25, 0.3) is 11.3 Å². The maximum absolute atomic E-state index is 5.10. The van der Waals surface area contributed by atoms with E-state index in [0.29, 0.717) is 0 Å². The summed E-state index contributed by atoms with van der Waals surface area (Å²) in [6, 6.07) is 7.84. The number of aryl methyl sites for hydroxylation is 1. The average molecular weight is 267 g/mol. The zero-order chi connectivity index (χ0) is 10.8. The Balaban J connectivity index is 2.37. The maximum Gasteiger partial charge on any atom is 0.177 e. The molecule has 1 aromatic heterocycles. The number of benzene rings is 1.